The minimum atomic E-state index is -0.323. The number of nitrogens with zero attached hydrogens (tertiary/aromatic N) is 2. The molecule has 2 aromatic rings. The van der Waals surface area contributed by atoms with Gasteiger partial charge in [-0.2, -0.15) is 0 Å². The molecule has 0 radical (unpaired) electrons. The van der Waals surface area contributed by atoms with Gasteiger partial charge in [-0.25, -0.2) is 0 Å². The molecule has 2 aliphatic heterocycles. The highest BCUT2D eigenvalue weighted by molar-refractivity contribution is 5.79. The van der Waals surface area contributed by atoms with Gasteiger partial charge in [0.15, 0.2) is 0 Å². The van der Waals surface area contributed by atoms with Gasteiger partial charge in [-0.1, -0.05) is 57.2 Å². The number of nitrogens with one attached hydrogen (secondary N) is 2. The number of hydrogen-bond donors (Lipinski definition) is 3. The number of aliphatic hydroxyl groups is 1. The molecule has 2 aromatic carbocycles. The lowest BCUT2D eigenvalue weighted by Crippen LogP contribution is -2.41. The Hall–Kier alpha value is -2.74. The molecule has 0 saturated heterocycles. The van der Waals surface area contributed by atoms with Crippen molar-refractivity contribution in [3.8, 4) is 0 Å². The summed E-state index contributed by atoms with van der Waals surface area (Å²) in [5, 5.41) is 15.9. The number of benzene rings is 2. The van der Waals surface area contributed by atoms with Gasteiger partial charge in [0.1, 0.15) is 0 Å². The van der Waals surface area contributed by atoms with Crippen LogP contribution in [0.1, 0.15) is 105 Å². The summed E-state index contributed by atoms with van der Waals surface area (Å²) < 4.78 is 0. The molecule has 0 aromatic heterocycles. The lowest BCUT2D eigenvalue weighted by atomic mass is 9.80. The second-order valence-corrected chi connectivity index (χ2v) is 13.7. The molecule has 1 aliphatic carbocycles. The monoisotopic (exact) mass is 588 g/mol. The Morgan fingerprint density at radius 1 is 0.907 bits per heavy atom. The number of rotatable bonds is 11. The molecular weight excluding hydrogens is 536 g/mol. The molecule has 43 heavy (non-hydrogen) atoms. The maximum absolute atomic E-state index is 12.7. The van der Waals surface area contributed by atoms with E-state index in [4.69, 9.17) is 0 Å². The number of hydrogen-bond acceptors (Lipinski definition) is 5. The lowest BCUT2D eigenvalue weighted by molar-refractivity contribution is -0.125. The number of amides is 2. The van der Waals surface area contributed by atoms with Gasteiger partial charge in [0, 0.05) is 65.2 Å². The molecule has 4 unspecified atom stereocenters. The van der Waals surface area contributed by atoms with Crippen molar-refractivity contribution in [3.63, 3.8) is 0 Å². The van der Waals surface area contributed by atoms with Crippen LogP contribution in [0.5, 0.6) is 0 Å². The normalized spacial score (nSPS) is 23.1. The van der Waals surface area contributed by atoms with Gasteiger partial charge in [0.25, 0.3) is 0 Å². The molecule has 3 aliphatic rings. The van der Waals surface area contributed by atoms with Crippen molar-refractivity contribution >= 4 is 11.8 Å². The number of fused-ring (bicyclic) bond motifs is 2. The molecule has 0 bridgehead atoms. The van der Waals surface area contributed by atoms with Crippen LogP contribution >= 0.6 is 0 Å². The molecule has 4 atom stereocenters. The van der Waals surface area contributed by atoms with E-state index in [1.165, 1.54) is 33.4 Å². The Bertz CT molecular complexity index is 1280. The van der Waals surface area contributed by atoms with Crippen molar-refractivity contribution in [3.05, 3.63) is 69.8 Å². The molecule has 3 N–H and O–H groups in total. The molecule has 7 nitrogen and oxygen atoms in total. The second-order valence-electron chi connectivity index (χ2n) is 13.7. The average Bonchev–Trinajstić information content (AvgIpc) is 3.42. The topological polar surface area (TPSA) is 84.9 Å². The lowest BCUT2D eigenvalue weighted by Gasteiger charge is -2.37. The molecule has 234 valence electrons. The predicted octanol–water partition coefficient (Wildman–Crippen LogP) is 4.67. The fraction of sp³-hybridized carbons (Fsp3) is 0.611. The summed E-state index contributed by atoms with van der Waals surface area (Å²) in [6, 6.07) is 14.2. The van der Waals surface area contributed by atoms with Gasteiger partial charge < -0.3 is 15.7 Å². The summed E-state index contributed by atoms with van der Waals surface area (Å²) in [4.78, 5) is 28.9. The van der Waals surface area contributed by atoms with Gasteiger partial charge in [0.2, 0.25) is 11.8 Å². The molecular formula is C36H52N4O3. The van der Waals surface area contributed by atoms with Crippen molar-refractivity contribution < 1.29 is 14.7 Å². The summed E-state index contributed by atoms with van der Waals surface area (Å²) in [7, 11) is 0. The van der Waals surface area contributed by atoms with E-state index in [1.807, 2.05) is 0 Å². The summed E-state index contributed by atoms with van der Waals surface area (Å²) in [6.45, 7) is 15.4. The van der Waals surface area contributed by atoms with Crippen molar-refractivity contribution in [2.75, 3.05) is 39.3 Å². The van der Waals surface area contributed by atoms with E-state index in [0.29, 0.717) is 37.3 Å². The zero-order valence-electron chi connectivity index (χ0n) is 26.7. The van der Waals surface area contributed by atoms with Gasteiger partial charge in [-0.05, 0) is 83.2 Å². The van der Waals surface area contributed by atoms with E-state index >= 15 is 0 Å². The third-order valence-electron chi connectivity index (χ3n) is 9.98. The van der Waals surface area contributed by atoms with Gasteiger partial charge in [0.05, 0.1) is 6.10 Å². The van der Waals surface area contributed by atoms with E-state index in [2.05, 4.69) is 77.6 Å². The van der Waals surface area contributed by atoms with E-state index < -0.39 is 0 Å². The van der Waals surface area contributed by atoms with Crippen LogP contribution in [0.4, 0.5) is 0 Å². The fourth-order valence-electron chi connectivity index (χ4n) is 7.37. The van der Waals surface area contributed by atoms with Gasteiger partial charge >= 0.3 is 0 Å². The zero-order chi connectivity index (χ0) is 30.5. The highest BCUT2D eigenvalue weighted by Gasteiger charge is 2.30. The molecule has 1 fully saturated rings. The van der Waals surface area contributed by atoms with Crippen LogP contribution < -0.4 is 10.6 Å². The Kier molecular flexibility index (Phi) is 10.6. The van der Waals surface area contributed by atoms with Gasteiger partial charge in [-0.15, -0.1) is 0 Å². The third-order valence-corrected chi connectivity index (χ3v) is 9.98. The van der Waals surface area contributed by atoms with Crippen LogP contribution in [0.3, 0.4) is 0 Å². The first-order valence-electron chi connectivity index (χ1n) is 16.6. The van der Waals surface area contributed by atoms with Crippen molar-refractivity contribution in [2.24, 2.45) is 5.92 Å². The SMILES string of the molecule is CC(=O)NCCN1CCc2ccc(C(C)CC3CN(CCNC(=O)C4CCC(O)C4)Cc4cc(C(C)C)ccc43)cc2C1. The zero-order valence-corrected chi connectivity index (χ0v) is 26.7. The van der Waals surface area contributed by atoms with Crippen LogP contribution in [0.15, 0.2) is 36.4 Å². The maximum Gasteiger partial charge on any atom is 0.223 e. The second kappa shape index (κ2) is 14.4. The Labute approximate surface area is 258 Å². The molecule has 2 amide bonds. The minimum absolute atomic E-state index is 0.0337. The summed E-state index contributed by atoms with van der Waals surface area (Å²) in [6.07, 6.45) is 3.95. The number of aliphatic hydroxyl groups excluding tert-OH is 1. The molecule has 5 rings (SSSR count). The van der Waals surface area contributed by atoms with Crippen molar-refractivity contribution in [1.29, 1.82) is 0 Å². The van der Waals surface area contributed by atoms with E-state index in [0.717, 1.165) is 65.0 Å². The standard InChI is InChI=1S/C36H52N4O3/c1-24(2)28-8-10-35-32(22-40(23-33(35)18-28)16-13-38-36(43)30-7-9-34(42)20-30)17-25(3)29-6-5-27-11-14-39(21-31(27)19-29)15-12-37-26(4)41/h5-6,8,10,18-19,24-25,30,32,34,42H,7,9,11-17,20-23H2,1-4H3,(H,37,41)(H,38,43). The maximum atomic E-state index is 12.7. The smallest absolute Gasteiger partial charge is 0.223 e. The number of carbonyl (C=O) groups is 2. The third kappa shape index (κ3) is 8.25. The highest BCUT2D eigenvalue weighted by atomic mass is 16.3. The largest absolute Gasteiger partial charge is 0.393 e. The molecule has 1 saturated carbocycles. The van der Waals surface area contributed by atoms with E-state index in [1.54, 1.807) is 6.92 Å². The molecule has 7 heteroatoms. The van der Waals surface area contributed by atoms with E-state index in [-0.39, 0.29) is 23.8 Å². The quantitative estimate of drug-likeness (QED) is 0.355. The first-order chi connectivity index (χ1) is 20.7. The van der Waals surface area contributed by atoms with Crippen LogP contribution in [0.25, 0.3) is 0 Å². The van der Waals surface area contributed by atoms with Crippen LogP contribution in [-0.4, -0.2) is 72.1 Å². The fourth-order valence-corrected chi connectivity index (χ4v) is 7.37. The predicted molar refractivity (Wildman–Crippen MR) is 172 cm³/mol. The first kappa shape index (κ1) is 31.7. The van der Waals surface area contributed by atoms with Crippen LogP contribution in [-0.2, 0) is 29.1 Å². The molecule has 2 heterocycles. The average molecular weight is 589 g/mol. The number of carbonyl (C=O) groups excluding carboxylic acids is 2. The van der Waals surface area contributed by atoms with Crippen molar-refractivity contribution in [2.45, 2.75) is 96.7 Å². The summed E-state index contributed by atoms with van der Waals surface area (Å²) >= 11 is 0. The van der Waals surface area contributed by atoms with Crippen LogP contribution in [0, 0.1) is 5.92 Å². The highest BCUT2D eigenvalue weighted by Crippen LogP contribution is 2.38. The van der Waals surface area contributed by atoms with Crippen molar-refractivity contribution in [1.82, 2.24) is 20.4 Å². The Morgan fingerprint density at radius 3 is 2.37 bits per heavy atom. The Balaban J connectivity index is 1.24. The van der Waals surface area contributed by atoms with Gasteiger partial charge in [-0.3, -0.25) is 19.4 Å². The molecule has 0 spiro atoms. The Morgan fingerprint density at radius 2 is 1.63 bits per heavy atom. The summed E-state index contributed by atoms with van der Waals surface area (Å²) in [5.41, 5.74) is 8.59. The summed E-state index contributed by atoms with van der Waals surface area (Å²) in [5.74, 6) is 1.45. The first-order valence-corrected chi connectivity index (χ1v) is 16.6. The van der Waals surface area contributed by atoms with E-state index in [9.17, 15) is 14.7 Å². The van der Waals surface area contributed by atoms with Crippen LogP contribution in [0.2, 0.25) is 0 Å². The minimum Gasteiger partial charge on any atom is -0.393 e.